The first-order valence-electron chi connectivity index (χ1n) is 6.00. The fourth-order valence-corrected chi connectivity index (χ4v) is 3.09. The number of anilines is 1. The van der Waals surface area contributed by atoms with Crippen molar-refractivity contribution in [3.05, 3.63) is 58.6 Å². The molecule has 0 saturated carbocycles. The number of nitrogens with one attached hydrogen (secondary N) is 1. The molecule has 0 aromatic heterocycles. The minimum atomic E-state index is -3.64. The van der Waals surface area contributed by atoms with Crippen molar-refractivity contribution in [2.45, 2.75) is 18.4 Å². The van der Waals surface area contributed by atoms with E-state index in [1.807, 2.05) is 6.92 Å². The Bertz CT molecular complexity index is 730. The van der Waals surface area contributed by atoms with Crippen LogP contribution in [-0.2, 0) is 16.6 Å². The molecule has 2 aromatic carbocycles. The Morgan fingerprint density at radius 3 is 2.60 bits per heavy atom. The first-order valence-corrected chi connectivity index (χ1v) is 7.86. The molecule has 0 aliphatic heterocycles. The number of nitrogens with two attached hydrogens (primary N) is 1. The number of halogens is 1. The summed E-state index contributed by atoms with van der Waals surface area (Å²) in [5, 5.41) is 0.469. The van der Waals surface area contributed by atoms with Gasteiger partial charge in [-0.25, -0.2) is 8.42 Å². The predicted molar refractivity (Wildman–Crippen MR) is 81.3 cm³/mol. The second-order valence-electron chi connectivity index (χ2n) is 4.41. The summed E-state index contributed by atoms with van der Waals surface area (Å²) in [6.45, 7) is 2.19. The average molecular weight is 311 g/mol. The van der Waals surface area contributed by atoms with Crippen molar-refractivity contribution in [2.24, 2.45) is 5.73 Å². The van der Waals surface area contributed by atoms with E-state index in [4.69, 9.17) is 17.3 Å². The molecule has 0 unspecified atom stereocenters. The maximum absolute atomic E-state index is 12.3. The van der Waals surface area contributed by atoms with E-state index in [0.29, 0.717) is 17.3 Å². The molecule has 0 bridgehead atoms. The monoisotopic (exact) mass is 310 g/mol. The van der Waals surface area contributed by atoms with Gasteiger partial charge >= 0.3 is 0 Å². The normalized spacial score (nSPS) is 11.3. The number of hydrogen-bond acceptors (Lipinski definition) is 3. The van der Waals surface area contributed by atoms with Gasteiger partial charge in [-0.3, -0.25) is 4.72 Å². The standard InChI is InChI=1S/C14H15ClN2O2S/c1-10-5-6-14(7-11(10)9-16)20(18,19)17-13-4-2-3-12(15)8-13/h2-8,17H,9,16H2,1H3. The third-order valence-corrected chi connectivity index (χ3v) is 4.54. The molecular weight excluding hydrogens is 296 g/mol. The van der Waals surface area contributed by atoms with Crippen LogP contribution in [0.4, 0.5) is 5.69 Å². The van der Waals surface area contributed by atoms with Crippen molar-refractivity contribution >= 4 is 27.3 Å². The van der Waals surface area contributed by atoms with Crippen molar-refractivity contribution < 1.29 is 8.42 Å². The van der Waals surface area contributed by atoms with Crippen LogP contribution < -0.4 is 10.5 Å². The summed E-state index contributed by atoms with van der Waals surface area (Å²) in [5.74, 6) is 0. The molecule has 0 aliphatic carbocycles. The molecule has 0 heterocycles. The summed E-state index contributed by atoms with van der Waals surface area (Å²) in [4.78, 5) is 0.184. The van der Waals surface area contributed by atoms with Crippen molar-refractivity contribution in [1.29, 1.82) is 0 Å². The summed E-state index contributed by atoms with van der Waals surface area (Å²) in [5.41, 5.74) is 7.80. The summed E-state index contributed by atoms with van der Waals surface area (Å²) in [6.07, 6.45) is 0. The minimum absolute atomic E-state index is 0.184. The second-order valence-corrected chi connectivity index (χ2v) is 6.53. The van der Waals surface area contributed by atoms with Gasteiger partial charge in [0, 0.05) is 11.6 Å². The van der Waals surface area contributed by atoms with Gasteiger partial charge in [-0.2, -0.15) is 0 Å². The highest BCUT2D eigenvalue weighted by Gasteiger charge is 2.15. The first-order chi connectivity index (χ1) is 9.42. The van der Waals surface area contributed by atoms with Gasteiger partial charge in [-0.05, 0) is 48.4 Å². The Morgan fingerprint density at radius 2 is 1.95 bits per heavy atom. The van der Waals surface area contributed by atoms with Crippen LogP contribution in [0.2, 0.25) is 5.02 Å². The van der Waals surface area contributed by atoms with Gasteiger partial charge in [0.2, 0.25) is 0 Å². The topological polar surface area (TPSA) is 72.2 Å². The fraction of sp³-hybridized carbons (Fsp3) is 0.143. The Kier molecular flexibility index (Phi) is 4.32. The molecule has 0 saturated heterocycles. The highest BCUT2D eigenvalue weighted by Crippen LogP contribution is 2.21. The lowest BCUT2D eigenvalue weighted by Gasteiger charge is -2.10. The first kappa shape index (κ1) is 14.8. The maximum Gasteiger partial charge on any atom is 0.261 e. The van der Waals surface area contributed by atoms with E-state index >= 15 is 0 Å². The summed E-state index contributed by atoms with van der Waals surface area (Å²) >= 11 is 5.84. The largest absolute Gasteiger partial charge is 0.326 e. The zero-order valence-electron chi connectivity index (χ0n) is 10.9. The third-order valence-electron chi connectivity index (χ3n) is 2.93. The highest BCUT2D eigenvalue weighted by atomic mass is 35.5. The van der Waals surface area contributed by atoms with Crippen LogP contribution in [0.1, 0.15) is 11.1 Å². The Morgan fingerprint density at radius 1 is 1.20 bits per heavy atom. The lowest BCUT2D eigenvalue weighted by molar-refractivity contribution is 0.601. The molecule has 3 N–H and O–H groups in total. The van der Waals surface area contributed by atoms with Crippen LogP contribution in [-0.4, -0.2) is 8.42 Å². The zero-order valence-corrected chi connectivity index (χ0v) is 12.5. The average Bonchev–Trinajstić information content (AvgIpc) is 2.38. The third kappa shape index (κ3) is 3.30. The molecule has 0 spiro atoms. The second kappa shape index (κ2) is 5.83. The molecule has 0 radical (unpaired) electrons. The smallest absolute Gasteiger partial charge is 0.261 e. The molecule has 20 heavy (non-hydrogen) atoms. The lowest BCUT2D eigenvalue weighted by Crippen LogP contribution is -2.14. The molecular formula is C14H15ClN2O2S. The Hall–Kier alpha value is -1.56. The lowest BCUT2D eigenvalue weighted by atomic mass is 10.1. The van der Waals surface area contributed by atoms with Crippen LogP contribution in [0.25, 0.3) is 0 Å². The highest BCUT2D eigenvalue weighted by molar-refractivity contribution is 7.92. The Balaban J connectivity index is 2.35. The van der Waals surface area contributed by atoms with E-state index in [9.17, 15) is 8.42 Å². The van der Waals surface area contributed by atoms with Gasteiger partial charge in [0.05, 0.1) is 10.6 Å². The minimum Gasteiger partial charge on any atom is -0.326 e. The number of benzene rings is 2. The van der Waals surface area contributed by atoms with E-state index in [1.54, 1.807) is 42.5 Å². The summed E-state index contributed by atoms with van der Waals surface area (Å²) in [6, 6.07) is 11.4. The van der Waals surface area contributed by atoms with Crippen molar-refractivity contribution in [3.63, 3.8) is 0 Å². The van der Waals surface area contributed by atoms with Gasteiger partial charge in [0.25, 0.3) is 10.0 Å². The molecule has 2 aromatic rings. The molecule has 0 atom stereocenters. The summed E-state index contributed by atoms with van der Waals surface area (Å²) in [7, 11) is -3.64. The molecule has 0 fully saturated rings. The van der Waals surface area contributed by atoms with Crippen LogP contribution in [0.3, 0.4) is 0 Å². The van der Waals surface area contributed by atoms with Crippen molar-refractivity contribution in [3.8, 4) is 0 Å². The van der Waals surface area contributed by atoms with Gasteiger partial charge in [-0.1, -0.05) is 23.7 Å². The van der Waals surface area contributed by atoms with Crippen molar-refractivity contribution in [1.82, 2.24) is 0 Å². The van der Waals surface area contributed by atoms with Crippen molar-refractivity contribution in [2.75, 3.05) is 4.72 Å². The van der Waals surface area contributed by atoms with Gasteiger partial charge in [0.1, 0.15) is 0 Å². The van der Waals surface area contributed by atoms with Gasteiger partial charge < -0.3 is 5.73 Å². The van der Waals surface area contributed by atoms with Gasteiger partial charge in [-0.15, -0.1) is 0 Å². The van der Waals surface area contributed by atoms with Crippen LogP contribution in [0, 0.1) is 6.92 Å². The zero-order chi connectivity index (χ0) is 14.8. The molecule has 0 aliphatic rings. The molecule has 4 nitrogen and oxygen atoms in total. The van der Waals surface area contributed by atoms with E-state index in [2.05, 4.69) is 4.72 Å². The number of sulfonamides is 1. The maximum atomic E-state index is 12.3. The van der Waals surface area contributed by atoms with E-state index in [1.165, 1.54) is 0 Å². The molecule has 2 rings (SSSR count). The molecule has 106 valence electrons. The fourth-order valence-electron chi connectivity index (χ4n) is 1.80. The van der Waals surface area contributed by atoms with Crippen LogP contribution in [0.5, 0.6) is 0 Å². The van der Waals surface area contributed by atoms with E-state index in [-0.39, 0.29) is 4.90 Å². The van der Waals surface area contributed by atoms with Gasteiger partial charge in [0.15, 0.2) is 0 Å². The number of rotatable bonds is 4. The number of aryl methyl sites for hydroxylation is 1. The molecule has 6 heteroatoms. The van der Waals surface area contributed by atoms with E-state index in [0.717, 1.165) is 11.1 Å². The number of hydrogen-bond donors (Lipinski definition) is 2. The Labute approximate surface area is 123 Å². The van der Waals surface area contributed by atoms with Crippen LogP contribution in [0.15, 0.2) is 47.4 Å². The quantitative estimate of drug-likeness (QED) is 0.912. The van der Waals surface area contributed by atoms with Crippen LogP contribution >= 0.6 is 11.6 Å². The SMILES string of the molecule is Cc1ccc(S(=O)(=O)Nc2cccc(Cl)c2)cc1CN. The predicted octanol–water partition coefficient (Wildman–Crippen LogP) is 2.91. The molecule has 0 amide bonds. The summed E-state index contributed by atoms with van der Waals surface area (Å²) < 4.78 is 27.1. The van der Waals surface area contributed by atoms with E-state index < -0.39 is 10.0 Å².